The molecule has 0 aliphatic rings. The first-order valence-corrected chi connectivity index (χ1v) is 15.0. The molecule has 0 aliphatic heterocycles. The second kappa shape index (κ2) is 12.6. The Morgan fingerprint density at radius 1 is 0.800 bits per heavy atom. The summed E-state index contributed by atoms with van der Waals surface area (Å²) in [6, 6.07) is 29.0. The van der Waals surface area contributed by atoms with E-state index in [9.17, 15) is 18.0 Å². The lowest BCUT2D eigenvalue weighted by molar-refractivity contribution is 0.0879. The van der Waals surface area contributed by atoms with Crippen molar-refractivity contribution in [1.29, 1.82) is 0 Å². The molecule has 8 heteroatoms. The molecule has 0 aliphatic carbocycles. The van der Waals surface area contributed by atoms with Crippen LogP contribution in [0.25, 0.3) is 0 Å². The minimum absolute atomic E-state index is 0.0224. The molecule has 0 heterocycles. The molecule has 0 radical (unpaired) electrons. The van der Waals surface area contributed by atoms with Crippen LogP contribution in [0, 0.1) is 6.92 Å². The highest BCUT2D eigenvalue weighted by atomic mass is 32.2. The fourth-order valence-corrected chi connectivity index (χ4v) is 6.72. The van der Waals surface area contributed by atoms with Gasteiger partial charge in [-0.15, -0.1) is 0 Å². The van der Waals surface area contributed by atoms with Crippen molar-refractivity contribution in [2.24, 2.45) is 0 Å². The van der Waals surface area contributed by atoms with E-state index in [4.69, 9.17) is 9.84 Å². The fourth-order valence-electron chi connectivity index (χ4n) is 4.19. The van der Waals surface area contributed by atoms with Gasteiger partial charge in [-0.2, -0.15) is 0 Å². The summed E-state index contributed by atoms with van der Waals surface area (Å²) in [5.74, 6) is -0.678. The van der Waals surface area contributed by atoms with Crippen LogP contribution in [0.1, 0.15) is 39.6 Å². The van der Waals surface area contributed by atoms with Gasteiger partial charge in [0.2, 0.25) is 0 Å². The Morgan fingerprint density at radius 3 is 1.98 bits per heavy atom. The maximum Gasteiger partial charge on any atom is 0.191 e. The third-order valence-corrected chi connectivity index (χ3v) is 9.96. The largest absolute Gasteiger partial charge is 0.491 e. The smallest absolute Gasteiger partial charge is 0.191 e. The minimum atomic E-state index is -4.27. The van der Waals surface area contributed by atoms with Crippen LogP contribution in [-0.2, 0) is 9.84 Å². The molecule has 4 aromatic carbocycles. The molecular formula is C32H30O6S2. The molecule has 4 rings (SSSR count). The predicted molar refractivity (Wildman–Crippen MR) is 156 cm³/mol. The van der Waals surface area contributed by atoms with Crippen LogP contribution in [0.4, 0.5) is 0 Å². The number of carbonyl (C=O) groups is 2. The van der Waals surface area contributed by atoms with Gasteiger partial charge in [-0.25, -0.2) is 8.42 Å². The molecule has 0 fully saturated rings. The van der Waals surface area contributed by atoms with Gasteiger partial charge in [-0.3, -0.25) is 9.59 Å². The summed E-state index contributed by atoms with van der Waals surface area (Å²) in [5.41, 5.74) is 1.33. The number of aliphatic hydroxyl groups is 1. The molecule has 0 saturated heterocycles. The third-order valence-electron chi connectivity index (χ3n) is 6.53. The average molecular weight is 575 g/mol. The van der Waals surface area contributed by atoms with Crippen LogP contribution in [0.5, 0.6) is 5.75 Å². The lowest BCUT2D eigenvalue weighted by atomic mass is 9.91. The summed E-state index contributed by atoms with van der Waals surface area (Å²) >= 11 is 1.53. The number of benzene rings is 4. The van der Waals surface area contributed by atoms with E-state index in [0.29, 0.717) is 5.75 Å². The molecule has 6 nitrogen and oxygen atoms in total. The van der Waals surface area contributed by atoms with E-state index < -0.39 is 32.6 Å². The van der Waals surface area contributed by atoms with Gasteiger partial charge in [0.05, 0.1) is 11.5 Å². The quantitative estimate of drug-likeness (QED) is 0.201. The van der Waals surface area contributed by atoms with Crippen LogP contribution in [0.3, 0.4) is 0 Å². The second-order valence-electron chi connectivity index (χ2n) is 9.51. The monoisotopic (exact) mass is 574 g/mol. The third kappa shape index (κ3) is 6.53. The van der Waals surface area contributed by atoms with Crippen molar-refractivity contribution in [3.63, 3.8) is 0 Å². The number of ketones is 2. The van der Waals surface area contributed by atoms with Crippen LogP contribution >= 0.6 is 11.8 Å². The molecule has 0 aromatic heterocycles. The summed E-state index contributed by atoms with van der Waals surface area (Å²) in [5, 5.41) is 8.94. The van der Waals surface area contributed by atoms with Crippen LogP contribution in [0.15, 0.2) is 118 Å². The van der Waals surface area contributed by atoms with Gasteiger partial charge in [0.15, 0.2) is 21.4 Å². The van der Waals surface area contributed by atoms with Gasteiger partial charge in [-0.1, -0.05) is 59.8 Å². The average Bonchev–Trinajstić information content (AvgIpc) is 2.97. The van der Waals surface area contributed by atoms with E-state index in [1.807, 2.05) is 37.3 Å². The molecule has 0 bridgehead atoms. The first-order chi connectivity index (χ1) is 19.1. The maximum absolute atomic E-state index is 14.0. The molecule has 1 unspecified atom stereocenters. The Balaban J connectivity index is 1.67. The summed E-state index contributed by atoms with van der Waals surface area (Å²) in [4.78, 5) is 29.3. The number of hydrogen-bond donors (Lipinski definition) is 1. The minimum Gasteiger partial charge on any atom is -0.491 e. The lowest BCUT2D eigenvalue weighted by Gasteiger charge is -2.28. The number of hydrogen-bond acceptors (Lipinski definition) is 7. The fraction of sp³-hybridized carbons (Fsp3) is 0.188. The number of Topliss-reactive ketones (excluding diaryl/α,β-unsaturated/α-hetero) is 2. The van der Waals surface area contributed by atoms with Gasteiger partial charge < -0.3 is 9.84 Å². The zero-order valence-corrected chi connectivity index (χ0v) is 23.9. The Bertz CT molecular complexity index is 1560. The molecule has 0 spiro atoms. The standard InChI is InChI=1S/C32H30O6S2/c1-23-8-18-29(19-9-23)40(36,37)32(2,22-30(34)24-10-14-26(15-11-24)38-21-20-33)31(35)25-12-16-28(17-13-25)39-27-6-4-3-5-7-27/h3-19,33H,20-22H2,1-2H3. The molecule has 4 aromatic rings. The van der Waals surface area contributed by atoms with Crippen LogP contribution in [0.2, 0.25) is 0 Å². The van der Waals surface area contributed by atoms with E-state index in [1.165, 1.54) is 43.0 Å². The van der Waals surface area contributed by atoms with Crippen molar-refractivity contribution in [3.05, 3.63) is 120 Å². The summed E-state index contributed by atoms with van der Waals surface area (Å²) in [6.45, 7) is 3.13. The van der Waals surface area contributed by atoms with E-state index >= 15 is 0 Å². The number of ether oxygens (including phenoxy) is 1. The second-order valence-corrected chi connectivity index (χ2v) is 13.0. The summed E-state index contributed by atoms with van der Waals surface area (Å²) < 4.78 is 31.3. The number of rotatable bonds is 12. The molecule has 0 saturated carbocycles. The Labute approximate surface area is 239 Å². The van der Waals surface area contributed by atoms with E-state index in [2.05, 4.69) is 0 Å². The maximum atomic E-state index is 14.0. The number of carbonyl (C=O) groups excluding carboxylic acids is 2. The number of sulfone groups is 1. The van der Waals surface area contributed by atoms with Gasteiger partial charge in [-0.05, 0) is 74.5 Å². The highest BCUT2D eigenvalue weighted by Crippen LogP contribution is 2.35. The molecule has 1 atom stereocenters. The van der Waals surface area contributed by atoms with E-state index in [0.717, 1.165) is 15.4 Å². The van der Waals surface area contributed by atoms with E-state index in [-0.39, 0.29) is 29.2 Å². The highest BCUT2D eigenvalue weighted by Gasteiger charge is 2.48. The SMILES string of the molecule is Cc1ccc(S(=O)(=O)C(C)(CC(=O)c2ccc(OCCO)cc2)C(=O)c2ccc(Sc3ccccc3)cc2)cc1. The zero-order chi connectivity index (χ0) is 28.8. The Hall–Kier alpha value is -3.72. The van der Waals surface area contributed by atoms with Crippen LogP contribution < -0.4 is 4.74 Å². The van der Waals surface area contributed by atoms with Crippen molar-refractivity contribution in [2.45, 2.75) is 39.7 Å². The van der Waals surface area contributed by atoms with Crippen LogP contribution in [-0.4, -0.2) is 43.1 Å². The van der Waals surface area contributed by atoms with Gasteiger partial charge in [0, 0.05) is 27.3 Å². The number of aliphatic hydroxyl groups excluding tert-OH is 1. The van der Waals surface area contributed by atoms with Gasteiger partial charge in [0.1, 0.15) is 17.1 Å². The molecule has 40 heavy (non-hydrogen) atoms. The first kappa shape index (κ1) is 29.3. The summed E-state index contributed by atoms with van der Waals surface area (Å²) in [6.07, 6.45) is -0.542. The summed E-state index contributed by atoms with van der Waals surface area (Å²) in [7, 11) is -4.27. The Morgan fingerprint density at radius 2 is 1.38 bits per heavy atom. The van der Waals surface area contributed by atoms with Crippen molar-refractivity contribution in [3.8, 4) is 5.75 Å². The number of aryl methyl sites for hydroxylation is 1. The van der Waals surface area contributed by atoms with Gasteiger partial charge >= 0.3 is 0 Å². The normalized spacial score (nSPS) is 12.9. The molecule has 0 amide bonds. The zero-order valence-electron chi connectivity index (χ0n) is 22.2. The topological polar surface area (TPSA) is 97.7 Å². The molecule has 206 valence electrons. The van der Waals surface area contributed by atoms with Crippen molar-refractivity contribution in [2.75, 3.05) is 13.2 Å². The Kier molecular flexibility index (Phi) is 9.25. The predicted octanol–water partition coefficient (Wildman–Crippen LogP) is 6.21. The van der Waals surface area contributed by atoms with Gasteiger partial charge in [0.25, 0.3) is 0 Å². The molecular weight excluding hydrogens is 544 g/mol. The molecule has 1 N–H and O–H groups in total. The van der Waals surface area contributed by atoms with Crippen molar-refractivity contribution in [1.82, 2.24) is 0 Å². The lowest BCUT2D eigenvalue weighted by Crippen LogP contribution is -2.45. The van der Waals surface area contributed by atoms with E-state index in [1.54, 1.807) is 48.5 Å². The first-order valence-electron chi connectivity index (χ1n) is 12.7. The van der Waals surface area contributed by atoms with Crippen molar-refractivity contribution >= 4 is 33.2 Å². The van der Waals surface area contributed by atoms with Crippen molar-refractivity contribution < 1.29 is 27.9 Å². The highest BCUT2D eigenvalue weighted by molar-refractivity contribution is 7.99.